The predicted octanol–water partition coefficient (Wildman–Crippen LogP) is 2.66. The van der Waals surface area contributed by atoms with E-state index in [2.05, 4.69) is 49.7 Å². The van der Waals surface area contributed by atoms with Crippen LogP contribution in [0.15, 0.2) is 30.6 Å². The molecule has 9 nitrogen and oxygen atoms in total. The second-order valence-electron chi connectivity index (χ2n) is 9.39. The largest absolute Gasteiger partial charge is 0.350 e. The zero-order valence-electron chi connectivity index (χ0n) is 19.6. The lowest BCUT2D eigenvalue weighted by atomic mass is 9.85. The van der Waals surface area contributed by atoms with Gasteiger partial charge in [-0.25, -0.2) is 19.5 Å². The summed E-state index contributed by atoms with van der Waals surface area (Å²) in [6.45, 7) is 9.70. The number of likely N-dealkylation sites (N-methyl/N-ethyl adjacent to an activating group) is 1. The molecule has 5 heterocycles. The van der Waals surface area contributed by atoms with E-state index in [0.29, 0.717) is 18.0 Å². The molecule has 2 aliphatic rings. The van der Waals surface area contributed by atoms with Crippen molar-refractivity contribution in [3.63, 3.8) is 0 Å². The number of nitrogens with zero attached hydrogens (tertiary/aromatic N) is 8. The van der Waals surface area contributed by atoms with E-state index in [0.717, 1.165) is 53.1 Å². The van der Waals surface area contributed by atoms with E-state index in [1.165, 1.54) is 26.2 Å². The Morgan fingerprint density at radius 2 is 1.88 bits per heavy atom. The highest BCUT2D eigenvalue weighted by atomic mass is 15.3. The van der Waals surface area contributed by atoms with Crippen molar-refractivity contribution < 1.29 is 0 Å². The Morgan fingerprint density at radius 1 is 1.06 bits per heavy atom. The molecule has 2 fully saturated rings. The third-order valence-electron chi connectivity index (χ3n) is 7.29. The maximum absolute atomic E-state index is 4.92. The van der Waals surface area contributed by atoms with E-state index in [1.807, 2.05) is 36.0 Å². The first-order valence-electron chi connectivity index (χ1n) is 12.0. The van der Waals surface area contributed by atoms with Crippen LogP contribution in [0.2, 0.25) is 0 Å². The van der Waals surface area contributed by atoms with Gasteiger partial charge in [0.1, 0.15) is 11.3 Å². The molecule has 0 bridgehead atoms. The highest BCUT2D eigenvalue weighted by molar-refractivity contribution is 5.82. The van der Waals surface area contributed by atoms with Crippen molar-refractivity contribution in [1.82, 2.24) is 38.9 Å². The first kappa shape index (κ1) is 20.6. The van der Waals surface area contributed by atoms with Gasteiger partial charge in [-0.2, -0.15) is 0 Å². The summed E-state index contributed by atoms with van der Waals surface area (Å²) < 4.78 is 4.04. The number of hydrogen-bond donors (Lipinski definition) is 1. The summed E-state index contributed by atoms with van der Waals surface area (Å²) in [7, 11) is 2.21. The Kier molecular flexibility index (Phi) is 5.03. The van der Waals surface area contributed by atoms with Crippen molar-refractivity contribution in [3.8, 4) is 11.3 Å². The average molecular weight is 446 g/mol. The number of hydrogen-bond acceptors (Lipinski definition) is 7. The van der Waals surface area contributed by atoms with E-state index in [1.54, 1.807) is 0 Å². The van der Waals surface area contributed by atoms with Crippen LogP contribution in [0.3, 0.4) is 0 Å². The number of rotatable bonds is 5. The van der Waals surface area contributed by atoms with Crippen molar-refractivity contribution in [2.24, 2.45) is 0 Å². The van der Waals surface area contributed by atoms with Gasteiger partial charge in [0, 0.05) is 56.6 Å². The molecule has 1 saturated carbocycles. The number of fused-ring (bicyclic) bond motifs is 2. The Morgan fingerprint density at radius 3 is 2.67 bits per heavy atom. The minimum atomic E-state index is 0.448. The summed E-state index contributed by atoms with van der Waals surface area (Å²) in [5.74, 6) is 1.68. The molecule has 0 atom stereocenters. The lowest BCUT2D eigenvalue weighted by Crippen LogP contribution is -2.55. The predicted molar refractivity (Wildman–Crippen MR) is 129 cm³/mol. The van der Waals surface area contributed by atoms with E-state index >= 15 is 0 Å². The number of anilines is 1. The first-order valence-corrected chi connectivity index (χ1v) is 12.0. The quantitative estimate of drug-likeness (QED) is 0.506. The standard InChI is InChI=1S/C24H31N9/c1-4-32-16(2)26-21-6-5-20(28-23(21)32)19-7-8-33-22(19)15-25-24(29-33)27-17-13-18(14-17)31-11-9-30(3)10-12-31/h5-8,15,17-18H,4,9-14H2,1-3H3,(H,27,29)/t17-,18-. The lowest BCUT2D eigenvalue weighted by molar-refractivity contribution is 0.0656. The molecule has 4 aromatic rings. The normalized spacial score (nSPS) is 22.2. The van der Waals surface area contributed by atoms with Gasteiger partial charge in [-0.1, -0.05) is 0 Å². The molecule has 0 unspecified atom stereocenters. The van der Waals surface area contributed by atoms with Crippen LogP contribution in [0.5, 0.6) is 0 Å². The van der Waals surface area contributed by atoms with Crippen molar-refractivity contribution in [2.75, 3.05) is 38.5 Å². The van der Waals surface area contributed by atoms with Gasteiger partial charge >= 0.3 is 0 Å². The van der Waals surface area contributed by atoms with Gasteiger partial charge in [0.05, 0.1) is 17.4 Å². The molecule has 1 aliphatic carbocycles. The highest BCUT2D eigenvalue weighted by Crippen LogP contribution is 2.29. The number of piperazine rings is 1. The second kappa shape index (κ2) is 8.07. The van der Waals surface area contributed by atoms with Gasteiger partial charge in [0.25, 0.3) is 0 Å². The number of aromatic nitrogens is 6. The zero-order chi connectivity index (χ0) is 22.5. The number of aryl methyl sites for hydroxylation is 2. The van der Waals surface area contributed by atoms with E-state index in [4.69, 9.17) is 10.1 Å². The summed E-state index contributed by atoms with van der Waals surface area (Å²) in [5, 5.41) is 8.25. The van der Waals surface area contributed by atoms with Gasteiger partial charge in [-0.3, -0.25) is 4.90 Å². The number of pyridine rings is 1. The minimum absolute atomic E-state index is 0.448. The topological polar surface area (TPSA) is 79.4 Å². The van der Waals surface area contributed by atoms with Crippen molar-refractivity contribution in [1.29, 1.82) is 0 Å². The van der Waals surface area contributed by atoms with E-state index < -0.39 is 0 Å². The van der Waals surface area contributed by atoms with Gasteiger partial charge in [0.2, 0.25) is 5.95 Å². The lowest BCUT2D eigenvalue weighted by Gasteiger charge is -2.46. The molecule has 1 aliphatic heterocycles. The van der Waals surface area contributed by atoms with Crippen LogP contribution >= 0.6 is 0 Å². The van der Waals surface area contributed by atoms with Crippen LogP contribution in [-0.2, 0) is 6.54 Å². The van der Waals surface area contributed by atoms with Gasteiger partial charge in [-0.05, 0) is 51.9 Å². The molecule has 33 heavy (non-hydrogen) atoms. The van der Waals surface area contributed by atoms with Crippen molar-refractivity contribution >= 4 is 22.6 Å². The fourth-order valence-electron chi connectivity index (χ4n) is 5.20. The third-order valence-corrected chi connectivity index (χ3v) is 7.29. The molecule has 0 spiro atoms. The summed E-state index contributed by atoms with van der Waals surface area (Å²) in [4.78, 5) is 19.2. The van der Waals surface area contributed by atoms with Crippen LogP contribution in [0.4, 0.5) is 5.95 Å². The van der Waals surface area contributed by atoms with Crippen molar-refractivity contribution in [2.45, 2.75) is 45.3 Å². The van der Waals surface area contributed by atoms with Crippen LogP contribution < -0.4 is 5.32 Å². The van der Waals surface area contributed by atoms with Crippen LogP contribution in [-0.4, -0.2) is 84.2 Å². The van der Waals surface area contributed by atoms with Crippen LogP contribution in [0.25, 0.3) is 27.9 Å². The average Bonchev–Trinajstić information content (AvgIpc) is 3.35. The molecule has 1 N–H and O–H groups in total. The third kappa shape index (κ3) is 3.65. The maximum atomic E-state index is 4.92. The Balaban J connectivity index is 1.18. The smallest absolute Gasteiger partial charge is 0.241 e. The SMILES string of the molecule is CCn1c(C)nc2ccc(-c3ccn4nc(N[C@H]5C[C@H](N6CCN(C)CC6)C5)ncc34)nc21. The van der Waals surface area contributed by atoms with Gasteiger partial charge in [-0.15, -0.1) is 5.10 Å². The zero-order valence-corrected chi connectivity index (χ0v) is 19.6. The molecular weight excluding hydrogens is 414 g/mol. The Labute approximate surface area is 193 Å². The molecule has 4 aromatic heterocycles. The molecular formula is C24H31N9. The molecule has 0 radical (unpaired) electrons. The Bertz CT molecular complexity index is 1290. The summed E-state index contributed by atoms with van der Waals surface area (Å²) in [6, 6.07) is 7.28. The number of nitrogens with one attached hydrogen (secondary N) is 1. The first-order chi connectivity index (χ1) is 16.1. The molecule has 6 rings (SSSR count). The molecule has 172 valence electrons. The Hall–Kier alpha value is -3.04. The molecule has 1 saturated heterocycles. The second-order valence-corrected chi connectivity index (χ2v) is 9.39. The fraction of sp³-hybridized carbons (Fsp3) is 0.500. The fourth-order valence-corrected chi connectivity index (χ4v) is 5.20. The maximum Gasteiger partial charge on any atom is 0.241 e. The van der Waals surface area contributed by atoms with E-state index in [9.17, 15) is 0 Å². The number of imidazole rings is 1. The molecule has 0 aromatic carbocycles. The van der Waals surface area contributed by atoms with Crippen LogP contribution in [0, 0.1) is 6.92 Å². The van der Waals surface area contributed by atoms with E-state index in [-0.39, 0.29) is 0 Å². The van der Waals surface area contributed by atoms with Crippen molar-refractivity contribution in [3.05, 3.63) is 36.4 Å². The summed E-state index contributed by atoms with van der Waals surface area (Å²) in [5.41, 5.74) is 4.75. The highest BCUT2D eigenvalue weighted by Gasteiger charge is 2.35. The molecule has 9 heteroatoms. The molecule has 0 amide bonds. The summed E-state index contributed by atoms with van der Waals surface area (Å²) >= 11 is 0. The summed E-state index contributed by atoms with van der Waals surface area (Å²) in [6.07, 6.45) is 6.21. The van der Waals surface area contributed by atoms with Gasteiger partial charge < -0.3 is 14.8 Å². The van der Waals surface area contributed by atoms with Gasteiger partial charge in [0.15, 0.2) is 5.65 Å². The minimum Gasteiger partial charge on any atom is -0.350 e. The monoisotopic (exact) mass is 445 g/mol. The van der Waals surface area contributed by atoms with Crippen LogP contribution in [0.1, 0.15) is 25.6 Å².